The SMILES string of the molecule is COc1ccc([C@H]2OCC[C@@H]2NC(=O)c2cc(C)[nH]c(=O)n2)cn1. The topological polar surface area (TPSA) is 106 Å². The molecule has 3 rings (SSSR count). The number of aromatic amines is 1. The van der Waals surface area contributed by atoms with E-state index < -0.39 is 11.6 Å². The Balaban J connectivity index is 1.75. The molecule has 0 unspecified atom stereocenters. The predicted molar refractivity (Wildman–Crippen MR) is 84.9 cm³/mol. The molecule has 8 nitrogen and oxygen atoms in total. The summed E-state index contributed by atoms with van der Waals surface area (Å²) in [7, 11) is 1.55. The maximum atomic E-state index is 12.4. The van der Waals surface area contributed by atoms with E-state index in [2.05, 4.69) is 20.3 Å². The highest BCUT2D eigenvalue weighted by Crippen LogP contribution is 2.29. The fourth-order valence-electron chi connectivity index (χ4n) is 2.68. The van der Waals surface area contributed by atoms with Crippen LogP contribution in [0.5, 0.6) is 5.88 Å². The molecule has 126 valence electrons. The molecule has 8 heteroatoms. The van der Waals surface area contributed by atoms with Gasteiger partial charge < -0.3 is 19.8 Å². The van der Waals surface area contributed by atoms with Crippen molar-refractivity contribution in [3.8, 4) is 5.88 Å². The van der Waals surface area contributed by atoms with Crippen LogP contribution in [0.2, 0.25) is 0 Å². The Labute approximate surface area is 138 Å². The number of rotatable bonds is 4. The van der Waals surface area contributed by atoms with E-state index in [9.17, 15) is 9.59 Å². The van der Waals surface area contributed by atoms with Gasteiger partial charge >= 0.3 is 5.69 Å². The predicted octanol–water partition coefficient (Wildman–Crippen LogP) is 0.742. The van der Waals surface area contributed by atoms with Crippen LogP contribution in [-0.2, 0) is 4.74 Å². The quantitative estimate of drug-likeness (QED) is 0.856. The number of hydrogen-bond donors (Lipinski definition) is 2. The van der Waals surface area contributed by atoms with E-state index in [1.807, 2.05) is 6.07 Å². The Kier molecular flexibility index (Phi) is 4.57. The molecule has 0 radical (unpaired) electrons. The molecule has 0 aromatic carbocycles. The van der Waals surface area contributed by atoms with Crippen molar-refractivity contribution in [1.29, 1.82) is 0 Å². The van der Waals surface area contributed by atoms with Gasteiger partial charge in [0.25, 0.3) is 5.91 Å². The van der Waals surface area contributed by atoms with Crippen LogP contribution in [0, 0.1) is 6.92 Å². The summed E-state index contributed by atoms with van der Waals surface area (Å²) in [6, 6.07) is 4.93. The van der Waals surface area contributed by atoms with Crippen LogP contribution in [-0.4, -0.2) is 40.6 Å². The molecule has 0 aliphatic carbocycles. The van der Waals surface area contributed by atoms with Crippen molar-refractivity contribution in [2.24, 2.45) is 0 Å². The maximum absolute atomic E-state index is 12.4. The van der Waals surface area contributed by atoms with Crippen molar-refractivity contribution >= 4 is 5.91 Å². The van der Waals surface area contributed by atoms with E-state index >= 15 is 0 Å². The molecule has 1 fully saturated rings. The number of aryl methyl sites for hydroxylation is 1. The van der Waals surface area contributed by atoms with Crippen molar-refractivity contribution in [1.82, 2.24) is 20.3 Å². The molecule has 24 heavy (non-hydrogen) atoms. The molecule has 3 heterocycles. The number of pyridine rings is 1. The van der Waals surface area contributed by atoms with Crippen molar-refractivity contribution < 1.29 is 14.3 Å². The van der Waals surface area contributed by atoms with Crippen molar-refractivity contribution in [2.45, 2.75) is 25.5 Å². The molecule has 2 N–H and O–H groups in total. The molecule has 0 bridgehead atoms. The monoisotopic (exact) mass is 330 g/mol. The zero-order valence-electron chi connectivity index (χ0n) is 13.4. The van der Waals surface area contributed by atoms with Crippen LogP contribution in [0.15, 0.2) is 29.2 Å². The summed E-state index contributed by atoms with van der Waals surface area (Å²) in [4.78, 5) is 34.2. The lowest BCUT2D eigenvalue weighted by Crippen LogP contribution is -2.38. The second kappa shape index (κ2) is 6.79. The molecule has 1 saturated heterocycles. The zero-order chi connectivity index (χ0) is 17.1. The number of hydrogen-bond acceptors (Lipinski definition) is 6. The number of nitrogens with one attached hydrogen (secondary N) is 2. The smallest absolute Gasteiger partial charge is 0.345 e. The number of ether oxygens (including phenoxy) is 2. The summed E-state index contributed by atoms with van der Waals surface area (Å²) >= 11 is 0. The van der Waals surface area contributed by atoms with Crippen molar-refractivity contribution in [2.75, 3.05) is 13.7 Å². The summed E-state index contributed by atoms with van der Waals surface area (Å²) in [5.74, 6) is 0.117. The van der Waals surface area contributed by atoms with Gasteiger partial charge in [-0.2, -0.15) is 4.98 Å². The lowest BCUT2D eigenvalue weighted by Gasteiger charge is -2.20. The van der Waals surface area contributed by atoms with E-state index in [0.717, 1.165) is 5.56 Å². The van der Waals surface area contributed by atoms with Crippen LogP contribution in [0.3, 0.4) is 0 Å². The van der Waals surface area contributed by atoms with Gasteiger partial charge in [0.05, 0.1) is 13.2 Å². The Bertz CT molecular complexity index is 787. The summed E-state index contributed by atoms with van der Waals surface area (Å²) < 4.78 is 10.8. The third kappa shape index (κ3) is 3.43. The fourth-order valence-corrected chi connectivity index (χ4v) is 2.68. The van der Waals surface area contributed by atoms with Gasteiger partial charge in [0.1, 0.15) is 11.8 Å². The maximum Gasteiger partial charge on any atom is 0.345 e. The van der Waals surface area contributed by atoms with Crippen molar-refractivity contribution in [3.63, 3.8) is 0 Å². The molecule has 1 aliphatic heterocycles. The van der Waals surface area contributed by atoms with Gasteiger partial charge in [-0.05, 0) is 25.5 Å². The van der Waals surface area contributed by atoms with Gasteiger partial charge in [-0.3, -0.25) is 4.79 Å². The molecule has 2 atom stereocenters. The Morgan fingerprint density at radius 2 is 2.29 bits per heavy atom. The number of carbonyl (C=O) groups excluding carboxylic acids is 1. The standard InChI is InChI=1S/C16H18N4O4/c1-9-7-12(20-16(22)18-9)15(21)19-11-5-6-24-14(11)10-3-4-13(23-2)17-8-10/h3-4,7-8,11,14H,5-6H2,1-2H3,(H,19,21)(H,18,20,22)/t11-,14+/m0/s1. The summed E-state index contributed by atoms with van der Waals surface area (Å²) in [6.45, 7) is 2.23. The first kappa shape index (κ1) is 16.1. The number of amides is 1. The normalized spacial score (nSPS) is 19.9. The minimum absolute atomic E-state index is 0.0924. The molecule has 1 aliphatic rings. The van der Waals surface area contributed by atoms with Gasteiger partial charge in [0.2, 0.25) is 5.88 Å². The first-order chi connectivity index (χ1) is 11.6. The molecule has 0 spiro atoms. The first-order valence-electron chi connectivity index (χ1n) is 7.57. The van der Waals surface area contributed by atoms with Gasteiger partial charge in [-0.25, -0.2) is 9.78 Å². The van der Waals surface area contributed by atoms with Gasteiger partial charge in [0, 0.05) is 30.1 Å². The summed E-state index contributed by atoms with van der Waals surface area (Å²) in [5.41, 5.74) is 0.987. The number of H-pyrrole nitrogens is 1. The fraction of sp³-hybridized carbons (Fsp3) is 0.375. The van der Waals surface area contributed by atoms with Gasteiger partial charge in [-0.1, -0.05) is 0 Å². The van der Waals surface area contributed by atoms with Crippen LogP contribution >= 0.6 is 0 Å². The van der Waals surface area contributed by atoms with E-state index in [0.29, 0.717) is 24.6 Å². The molecule has 2 aromatic rings. The van der Waals surface area contributed by atoms with Crippen LogP contribution in [0.4, 0.5) is 0 Å². The third-order valence-electron chi connectivity index (χ3n) is 3.82. The van der Waals surface area contributed by atoms with E-state index in [-0.39, 0.29) is 17.8 Å². The van der Waals surface area contributed by atoms with Crippen LogP contribution in [0.25, 0.3) is 0 Å². The number of carbonyl (C=O) groups is 1. The van der Waals surface area contributed by atoms with Crippen LogP contribution < -0.4 is 15.7 Å². The molecular formula is C16H18N4O4. The molecular weight excluding hydrogens is 312 g/mol. The highest BCUT2D eigenvalue weighted by atomic mass is 16.5. The molecule has 0 saturated carbocycles. The van der Waals surface area contributed by atoms with Crippen molar-refractivity contribution in [3.05, 3.63) is 51.8 Å². The third-order valence-corrected chi connectivity index (χ3v) is 3.82. The minimum Gasteiger partial charge on any atom is -0.481 e. The van der Waals surface area contributed by atoms with Crippen LogP contribution in [0.1, 0.15) is 34.3 Å². The number of nitrogens with zero attached hydrogens (tertiary/aromatic N) is 2. The molecule has 1 amide bonds. The Morgan fingerprint density at radius 1 is 1.46 bits per heavy atom. The molecule has 2 aromatic heterocycles. The average Bonchev–Trinajstić information content (AvgIpc) is 3.02. The second-order valence-corrected chi connectivity index (χ2v) is 5.55. The van der Waals surface area contributed by atoms with E-state index in [4.69, 9.17) is 9.47 Å². The first-order valence-corrected chi connectivity index (χ1v) is 7.57. The average molecular weight is 330 g/mol. The zero-order valence-corrected chi connectivity index (χ0v) is 13.4. The number of methoxy groups -OCH3 is 1. The summed E-state index contributed by atoms with van der Waals surface area (Å²) in [6.07, 6.45) is 2.05. The highest BCUT2D eigenvalue weighted by molar-refractivity contribution is 5.92. The lowest BCUT2D eigenvalue weighted by atomic mass is 10.0. The van der Waals surface area contributed by atoms with Gasteiger partial charge in [0.15, 0.2) is 0 Å². The largest absolute Gasteiger partial charge is 0.481 e. The van der Waals surface area contributed by atoms with E-state index in [1.165, 1.54) is 6.07 Å². The Hall–Kier alpha value is -2.74. The second-order valence-electron chi connectivity index (χ2n) is 5.55. The highest BCUT2D eigenvalue weighted by Gasteiger charge is 2.31. The van der Waals surface area contributed by atoms with E-state index in [1.54, 1.807) is 26.3 Å². The summed E-state index contributed by atoms with van der Waals surface area (Å²) in [5, 5.41) is 2.89. The van der Waals surface area contributed by atoms with Gasteiger partial charge in [-0.15, -0.1) is 0 Å². The number of aromatic nitrogens is 3. The Morgan fingerprint density at radius 3 is 2.96 bits per heavy atom. The lowest BCUT2D eigenvalue weighted by molar-refractivity contribution is 0.0816. The minimum atomic E-state index is -0.543.